The Morgan fingerprint density at radius 1 is 1.35 bits per heavy atom. The number of hydrogen-bond acceptors (Lipinski definition) is 2. The van der Waals surface area contributed by atoms with Crippen molar-refractivity contribution in [3.63, 3.8) is 0 Å². The zero-order chi connectivity index (χ0) is 12.4. The number of rotatable bonds is 2. The quantitative estimate of drug-likeness (QED) is 0.900. The number of benzene rings is 1. The second kappa shape index (κ2) is 4.94. The molecular formula is C12H9BrClNO2. The predicted molar refractivity (Wildman–Crippen MR) is 70.6 cm³/mol. The highest BCUT2D eigenvalue weighted by molar-refractivity contribution is 9.10. The minimum atomic E-state index is -0.321. The van der Waals surface area contributed by atoms with Crippen LogP contribution in [0.25, 0.3) is 0 Å². The van der Waals surface area contributed by atoms with Crippen molar-refractivity contribution in [2.24, 2.45) is 0 Å². The third-order valence-corrected chi connectivity index (χ3v) is 3.31. The van der Waals surface area contributed by atoms with Crippen molar-refractivity contribution in [2.75, 3.05) is 5.32 Å². The molecule has 88 valence electrons. The summed E-state index contributed by atoms with van der Waals surface area (Å²) in [4.78, 5) is 11.7. The first-order chi connectivity index (χ1) is 8.06. The summed E-state index contributed by atoms with van der Waals surface area (Å²) < 4.78 is 6.01. The van der Waals surface area contributed by atoms with Crippen LogP contribution in [0.2, 0.25) is 5.22 Å². The molecule has 5 heteroatoms. The number of amides is 1. The van der Waals surface area contributed by atoms with E-state index in [4.69, 9.17) is 16.0 Å². The lowest BCUT2D eigenvalue weighted by atomic mass is 10.2. The zero-order valence-electron chi connectivity index (χ0n) is 8.96. The van der Waals surface area contributed by atoms with Gasteiger partial charge in [-0.2, -0.15) is 0 Å². The van der Waals surface area contributed by atoms with E-state index in [2.05, 4.69) is 21.2 Å². The van der Waals surface area contributed by atoms with E-state index < -0.39 is 0 Å². The highest BCUT2D eigenvalue weighted by atomic mass is 79.9. The van der Waals surface area contributed by atoms with E-state index in [9.17, 15) is 4.79 Å². The second-order valence-electron chi connectivity index (χ2n) is 3.52. The van der Waals surface area contributed by atoms with Gasteiger partial charge >= 0.3 is 0 Å². The first-order valence-electron chi connectivity index (χ1n) is 4.89. The number of aryl methyl sites for hydroxylation is 1. The standard InChI is InChI=1S/C12H9BrClNO2/c1-7-6-8(2-3-9(7)13)15-12(16)10-4-5-11(14)17-10/h2-6H,1H3,(H,15,16). The van der Waals surface area contributed by atoms with Crippen molar-refractivity contribution in [2.45, 2.75) is 6.92 Å². The number of carbonyl (C=O) groups excluding carboxylic acids is 1. The molecule has 2 rings (SSSR count). The van der Waals surface area contributed by atoms with Crippen molar-refractivity contribution in [1.29, 1.82) is 0 Å². The third kappa shape index (κ3) is 2.90. The van der Waals surface area contributed by atoms with Crippen molar-refractivity contribution in [3.8, 4) is 0 Å². The summed E-state index contributed by atoms with van der Waals surface area (Å²) in [6, 6.07) is 8.61. The topological polar surface area (TPSA) is 42.2 Å². The van der Waals surface area contributed by atoms with Crippen LogP contribution in [0.3, 0.4) is 0 Å². The Hall–Kier alpha value is -1.26. The maximum atomic E-state index is 11.7. The lowest BCUT2D eigenvalue weighted by molar-refractivity contribution is 0.0997. The van der Waals surface area contributed by atoms with Crippen LogP contribution in [0.5, 0.6) is 0 Å². The molecule has 0 aliphatic carbocycles. The van der Waals surface area contributed by atoms with Crippen LogP contribution in [0.15, 0.2) is 39.2 Å². The maximum absolute atomic E-state index is 11.7. The minimum absolute atomic E-state index is 0.190. The fraction of sp³-hybridized carbons (Fsp3) is 0.0833. The molecule has 0 aliphatic heterocycles. The van der Waals surface area contributed by atoms with Crippen molar-refractivity contribution in [1.82, 2.24) is 0 Å². The number of hydrogen-bond donors (Lipinski definition) is 1. The van der Waals surface area contributed by atoms with E-state index in [-0.39, 0.29) is 16.9 Å². The number of halogens is 2. The highest BCUT2D eigenvalue weighted by Gasteiger charge is 2.10. The van der Waals surface area contributed by atoms with Gasteiger partial charge < -0.3 is 9.73 Å². The summed E-state index contributed by atoms with van der Waals surface area (Å²) in [6.07, 6.45) is 0. The number of nitrogens with one attached hydrogen (secondary N) is 1. The molecule has 1 N–H and O–H groups in total. The van der Waals surface area contributed by atoms with E-state index in [1.54, 1.807) is 6.07 Å². The molecule has 3 nitrogen and oxygen atoms in total. The fourth-order valence-electron chi connectivity index (χ4n) is 1.35. The number of anilines is 1. The summed E-state index contributed by atoms with van der Waals surface area (Å²) >= 11 is 9.00. The van der Waals surface area contributed by atoms with Gasteiger partial charge in [0.1, 0.15) is 0 Å². The molecule has 0 fully saturated rings. The van der Waals surface area contributed by atoms with E-state index in [1.807, 2.05) is 19.1 Å². The molecule has 17 heavy (non-hydrogen) atoms. The summed E-state index contributed by atoms with van der Waals surface area (Å²) in [5.74, 6) is -0.130. The number of furan rings is 1. The Bertz CT molecular complexity index is 565. The normalized spacial score (nSPS) is 10.3. The summed E-state index contributed by atoms with van der Waals surface area (Å²) in [6.45, 7) is 1.95. The molecule has 0 bridgehead atoms. The molecule has 1 aromatic heterocycles. The van der Waals surface area contributed by atoms with Gasteiger partial charge in [0.05, 0.1) is 0 Å². The Morgan fingerprint density at radius 2 is 2.12 bits per heavy atom. The van der Waals surface area contributed by atoms with Crippen LogP contribution in [-0.4, -0.2) is 5.91 Å². The zero-order valence-corrected chi connectivity index (χ0v) is 11.3. The predicted octanol–water partition coefficient (Wildman–Crippen LogP) is 4.26. The SMILES string of the molecule is Cc1cc(NC(=O)c2ccc(Cl)o2)ccc1Br. The summed E-state index contributed by atoms with van der Waals surface area (Å²) in [5, 5.41) is 2.92. The Kier molecular flexibility index (Phi) is 3.54. The third-order valence-electron chi connectivity index (χ3n) is 2.21. The largest absolute Gasteiger partial charge is 0.440 e. The first-order valence-corrected chi connectivity index (χ1v) is 6.06. The Labute approximate surface area is 112 Å². The van der Waals surface area contributed by atoms with E-state index >= 15 is 0 Å². The average Bonchev–Trinajstić information content (AvgIpc) is 2.70. The summed E-state index contributed by atoms with van der Waals surface area (Å²) in [5.41, 5.74) is 1.75. The molecule has 0 unspecified atom stereocenters. The van der Waals surface area contributed by atoms with Gasteiger partial charge in [0, 0.05) is 10.2 Å². The van der Waals surface area contributed by atoms with E-state index in [1.165, 1.54) is 12.1 Å². The molecule has 0 spiro atoms. The van der Waals surface area contributed by atoms with Gasteiger partial charge in [-0.05, 0) is 54.4 Å². The lowest BCUT2D eigenvalue weighted by Gasteiger charge is -2.05. The van der Waals surface area contributed by atoms with Crippen molar-refractivity contribution >= 4 is 39.1 Å². The monoisotopic (exact) mass is 313 g/mol. The molecule has 0 atom stereocenters. The molecule has 0 aliphatic rings. The summed E-state index contributed by atoms with van der Waals surface area (Å²) in [7, 11) is 0. The first kappa shape index (κ1) is 12.2. The molecule has 0 saturated heterocycles. The van der Waals surface area contributed by atoms with Crippen LogP contribution < -0.4 is 5.32 Å². The highest BCUT2D eigenvalue weighted by Crippen LogP contribution is 2.21. The van der Waals surface area contributed by atoms with E-state index in [0.717, 1.165) is 10.0 Å². The molecule has 1 aromatic carbocycles. The molecule has 0 radical (unpaired) electrons. The van der Waals surface area contributed by atoms with Gasteiger partial charge in [0.25, 0.3) is 5.91 Å². The average molecular weight is 315 g/mol. The minimum Gasteiger partial charge on any atom is -0.440 e. The number of carbonyl (C=O) groups is 1. The molecule has 1 heterocycles. The second-order valence-corrected chi connectivity index (χ2v) is 4.75. The van der Waals surface area contributed by atoms with Gasteiger partial charge in [0.2, 0.25) is 0 Å². The van der Waals surface area contributed by atoms with Crippen LogP contribution in [0, 0.1) is 6.92 Å². The van der Waals surface area contributed by atoms with Crippen molar-refractivity contribution in [3.05, 3.63) is 51.3 Å². The van der Waals surface area contributed by atoms with Gasteiger partial charge in [0.15, 0.2) is 11.0 Å². The van der Waals surface area contributed by atoms with E-state index in [0.29, 0.717) is 5.69 Å². The van der Waals surface area contributed by atoms with Gasteiger partial charge in [-0.15, -0.1) is 0 Å². The smallest absolute Gasteiger partial charge is 0.291 e. The van der Waals surface area contributed by atoms with Gasteiger partial charge in [-0.25, -0.2) is 0 Å². The van der Waals surface area contributed by atoms with Gasteiger partial charge in [-0.3, -0.25) is 4.79 Å². The van der Waals surface area contributed by atoms with Crippen LogP contribution in [0.4, 0.5) is 5.69 Å². The molecule has 2 aromatic rings. The fourth-order valence-corrected chi connectivity index (χ4v) is 1.74. The van der Waals surface area contributed by atoms with Crippen LogP contribution >= 0.6 is 27.5 Å². The Morgan fingerprint density at radius 3 is 2.71 bits per heavy atom. The van der Waals surface area contributed by atoms with Crippen molar-refractivity contribution < 1.29 is 9.21 Å². The van der Waals surface area contributed by atoms with Crippen LogP contribution in [-0.2, 0) is 0 Å². The Balaban J connectivity index is 2.15. The molecule has 1 amide bonds. The van der Waals surface area contributed by atoms with Crippen LogP contribution in [0.1, 0.15) is 16.1 Å². The molecular weight excluding hydrogens is 305 g/mol. The van der Waals surface area contributed by atoms with Gasteiger partial charge in [-0.1, -0.05) is 15.9 Å². The molecule has 0 saturated carbocycles. The maximum Gasteiger partial charge on any atom is 0.291 e. The lowest BCUT2D eigenvalue weighted by Crippen LogP contribution is -2.10.